The Morgan fingerprint density at radius 1 is 1.47 bits per heavy atom. The molecule has 0 atom stereocenters. The Hall–Kier alpha value is -1.49. The topological polar surface area (TPSA) is 90.2 Å². The molecule has 0 radical (unpaired) electrons. The van der Waals surface area contributed by atoms with Crippen LogP contribution in [0.25, 0.3) is 0 Å². The van der Waals surface area contributed by atoms with Crippen LogP contribution < -0.4 is 4.72 Å². The number of nitrogens with one attached hydrogen (secondary N) is 1. The summed E-state index contributed by atoms with van der Waals surface area (Å²) in [5, 5.41) is 17.2. The van der Waals surface area contributed by atoms with Gasteiger partial charge in [-0.05, 0) is 18.6 Å². The first-order valence-corrected chi connectivity index (χ1v) is 6.30. The average molecular weight is 258 g/mol. The third kappa shape index (κ3) is 3.23. The molecule has 0 fully saturated rings. The summed E-state index contributed by atoms with van der Waals surface area (Å²) in [7, 11) is -3.92. The third-order valence-electron chi connectivity index (χ3n) is 2.00. The van der Waals surface area contributed by atoms with Crippen molar-refractivity contribution < 1.29 is 17.9 Å². The van der Waals surface area contributed by atoms with Gasteiger partial charge in [0.2, 0.25) is 10.0 Å². The van der Waals surface area contributed by atoms with Crippen LogP contribution in [0.1, 0.15) is 12.0 Å². The molecule has 0 bridgehead atoms. The van der Waals surface area contributed by atoms with E-state index in [4.69, 9.17) is 10.4 Å². The van der Waals surface area contributed by atoms with Crippen LogP contribution in [0.4, 0.5) is 4.39 Å². The van der Waals surface area contributed by atoms with E-state index in [2.05, 4.69) is 4.72 Å². The molecule has 0 aliphatic carbocycles. The zero-order chi connectivity index (χ0) is 12.9. The van der Waals surface area contributed by atoms with Crippen molar-refractivity contribution in [1.82, 2.24) is 4.72 Å². The molecular weight excluding hydrogens is 247 g/mol. The van der Waals surface area contributed by atoms with Crippen molar-refractivity contribution in [2.45, 2.75) is 11.3 Å². The van der Waals surface area contributed by atoms with E-state index in [9.17, 15) is 12.8 Å². The van der Waals surface area contributed by atoms with E-state index in [1.165, 1.54) is 12.1 Å². The fourth-order valence-electron chi connectivity index (χ4n) is 1.20. The summed E-state index contributed by atoms with van der Waals surface area (Å²) >= 11 is 0. The Bertz CT molecular complexity index is 537. The molecule has 7 heteroatoms. The van der Waals surface area contributed by atoms with Crippen molar-refractivity contribution in [3.8, 4) is 6.07 Å². The second kappa shape index (κ2) is 5.72. The van der Waals surface area contributed by atoms with Crippen LogP contribution in [0, 0.1) is 17.1 Å². The molecular formula is C10H11FN2O3S. The van der Waals surface area contributed by atoms with E-state index in [1.54, 1.807) is 0 Å². The lowest BCUT2D eigenvalue weighted by atomic mass is 10.2. The van der Waals surface area contributed by atoms with Gasteiger partial charge >= 0.3 is 0 Å². The SMILES string of the molecule is N#Cc1c(F)cccc1S(=O)(=O)NCCCO. The minimum Gasteiger partial charge on any atom is -0.396 e. The minimum absolute atomic E-state index is 0.0280. The fourth-order valence-corrected chi connectivity index (χ4v) is 2.44. The van der Waals surface area contributed by atoms with Gasteiger partial charge in [0, 0.05) is 13.2 Å². The van der Waals surface area contributed by atoms with E-state index in [0.29, 0.717) is 0 Å². The number of benzene rings is 1. The molecule has 0 aliphatic heterocycles. The number of nitriles is 1. The Morgan fingerprint density at radius 3 is 2.76 bits per heavy atom. The number of nitrogens with zero attached hydrogens (tertiary/aromatic N) is 1. The Morgan fingerprint density at radius 2 is 2.18 bits per heavy atom. The first-order valence-electron chi connectivity index (χ1n) is 4.82. The Kier molecular flexibility index (Phi) is 4.57. The lowest BCUT2D eigenvalue weighted by Crippen LogP contribution is -2.26. The van der Waals surface area contributed by atoms with Gasteiger partial charge in [0.1, 0.15) is 22.3 Å². The van der Waals surface area contributed by atoms with Gasteiger partial charge in [0.05, 0.1) is 0 Å². The van der Waals surface area contributed by atoms with Gasteiger partial charge < -0.3 is 5.11 Å². The first-order chi connectivity index (χ1) is 8.03. The number of hydrogen-bond donors (Lipinski definition) is 2. The molecule has 17 heavy (non-hydrogen) atoms. The standard InChI is InChI=1S/C10H11FN2O3S/c11-9-3-1-4-10(8(9)7-12)17(15,16)13-5-2-6-14/h1,3-4,13-14H,2,5-6H2. The number of sulfonamides is 1. The van der Waals surface area contributed by atoms with E-state index in [1.807, 2.05) is 0 Å². The van der Waals surface area contributed by atoms with Crippen molar-refractivity contribution in [3.63, 3.8) is 0 Å². The largest absolute Gasteiger partial charge is 0.396 e. The highest BCUT2D eigenvalue weighted by molar-refractivity contribution is 7.89. The van der Waals surface area contributed by atoms with Gasteiger partial charge in [-0.1, -0.05) is 6.07 Å². The van der Waals surface area contributed by atoms with E-state index < -0.39 is 26.3 Å². The molecule has 1 rings (SSSR count). The van der Waals surface area contributed by atoms with Crippen molar-refractivity contribution in [3.05, 3.63) is 29.6 Å². The van der Waals surface area contributed by atoms with Crippen LogP contribution in [0.3, 0.4) is 0 Å². The number of aliphatic hydroxyl groups excluding tert-OH is 1. The van der Waals surface area contributed by atoms with Crippen LogP contribution in [0.5, 0.6) is 0 Å². The van der Waals surface area contributed by atoms with Gasteiger partial charge in [-0.15, -0.1) is 0 Å². The van der Waals surface area contributed by atoms with Gasteiger partial charge in [0.15, 0.2) is 0 Å². The smallest absolute Gasteiger partial charge is 0.241 e. The second-order valence-electron chi connectivity index (χ2n) is 3.20. The third-order valence-corrected chi connectivity index (χ3v) is 3.51. The van der Waals surface area contributed by atoms with Crippen molar-refractivity contribution in [2.75, 3.05) is 13.2 Å². The molecule has 0 spiro atoms. The highest BCUT2D eigenvalue weighted by Gasteiger charge is 2.20. The molecule has 5 nitrogen and oxygen atoms in total. The molecule has 0 saturated carbocycles. The number of hydrogen-bond acceptors (Lipinski definition) is 4. The van der Waals surface area contributed by atoms with Gasteiger partial charge in [-0.25, -0.2) is 17.5 Å². The fraction of sp³-hybridized carbons (Fsp3) is 0.300. The lowest BCUT2D eigenvalue weighted by Gasteiger charge is -2.07. The quantitative estimate of drug-likeness (QED) is 0.746. The number of rotatable bonds is 5. The van der Waals surface area contributed by atoms with Crippen LogP contribution >= 0.6 is 0 Å². The van der Waals surface area contributed by atoms with E-state index >= 15 is 0 Å². The van der Waals surface area contributed by atoms with Gasteiger partial charge in [-0.2, -0.15) is 5.26 Å². The monoisotopic (exact) mass is 258 g/mol. The molecule has 0 unspecified atom stereocenters. The lowest BCUT2D eigenvalue weighted by molar-refractivity contribution is 0.289. The summed E-state index contributed by atoms with van der Waals surface area (Å²) in [4.78, 5) is -0.391. The van der Waals surface area contributed by atoms with E-state index in [-0.39, 0.29) is 19.6 Å². The molecule has 92 valence electrons. The average Bonchev–Trinajstić information content (AvgIpc) is 2.29. The molecule has 0 amide bonds. The maximum atomic E-state index is 13.2. The zero-order valence-corrected chi connectivity index (χ0v) is 9.67. The number of halogens is 1. The maximum absolute atomic E-state index is 13.2. The Labute approximate surface area is 98.6 Å². The highest BCUT2D eigenvalue weighted by atomic mass is 32.2. The molecule has 0 aromatic heterocycles. The molecule has 2 N–H and O–H groups in total. The first kappa shape index (κ1) is 13.6. The predicted molar refractivity (Wildman–Crippen MR) is 58.0 cm³/mol. The maximum Gasteiger partial charge on any atom is 0.241 e. The molecule has 0 heterocycles. The second-order valence-corrected chi connectivity index (χ2v) is 4.94. The minimum atomic E-state index is -3.92. The van der Waals surface area contributed by atoms with Crippen LogP contribution in [-0.4, -0.2) is 26.7 Å². The Balaban J connectivity index is 3.08. The van der Waals surface area contributed by atoms with Crippen molar-refractivity contribution in [2.24, 2.45) is 0 Å². The highest BCUT2D eigenvalue weighted by Crippen LogP contribution is 2.17. The summed E-state index contributed by atoms with van der Waals surface area (Å²) < 4.78 is 38.8. The van der Waals surface area contributed by atoms with Crippen LogP contribution in [0.2, 0.25) is 0 Å². The van der Waals surface area contributed by atoms with Gasteiger partial charge in [-0.3, -0.25) is 0 Å². The number of aliphatic hydroxyl groups is 1. The molecule has 1 aromatic rings. The van der Waals surface area contributed by atoms with E-state index in [0.717, 1.165) is 12.1 Å². The summed E-state index contributed by atoms with van der Waals surface area (Å²) in [6.45, 7) is -0.128. The van der Waals surface area contributed by atoms with Crippen molar-refractivity contribution >= 4 is 10.0 Å². The summed E-state index contributed by atoms with van der Waals surface area (Å²) in [6, 6.07) is 4.91. The molecule has 0 saturated heterocycles. The van der Waals surface area contributed by atoms with Crippen LogP contribution in [0.15, 0.2) is 23.1 Å². The summed E-state index contributed by atoms with van der Waals surface area (Å²) in [5.74, 6) is -0.877. The summed E-state index contributed by atoms with van der Waals surface area (Å²) in [6.07, 6.45) is 0.246. The normalized spacial score (nSPS) is 11.1. The van der Waals surface area contributed by atoms with Crippen molar-refractivity contribution in [1.29, 1.82) is 5.26 Å². The molecule has 0 aliphatic rings. The van der Waals surface area contributed by atoms with Crippen LogP contribution in [-0.2, 0) is 10.0 Å². The zero-order valence-electron chi connectivity index (χ0n) is 8.85. The van der Waals surface area contributed by atoms with Gasteiger partial charge in [0.25, 0.3) is 0 Å². The summed E-state index contributed by atoms with van der Waals surface area (Å²) in [5.41, 5.74) is -0.510. The predicted octanol–water partition coefficient (Wildman–Crippen LogP) is 0.358. The molecule has 1 aromatic carbocycles.